The van der Waals surface area contributed by atoms with Crippen LogP contribution in [0.15, 0.2) is 30.3 Å². The maximum Gasteiger partial charge on any atom is 0.308 e. The number of rotatable bonds is 13. The molecule has 1 aromatic rings. The number of esters is 1. The third kappa shape index (κ3) is 10.4. The van der Waals surface area contributed by atoms with Gasteiger partial charge in [-0.2, -0.15) is 8.42 Å². The van der Waals surface area contributed by atoms with Crippen LogP contribution in [-0.4, -0.2) is 40.8 Å². The summed E-state index contributed by atoms with van der Waals surface area (Å²) >= 11 is 0. The molecule has 0 aliphatic rings. The molecule has 0 aliphatic heterocycles. The van der Waals surface area contributed by atoms with Gasteiger partial charge in [0, 0.05) is 6.61 Å². The Balaban J connectivity index is 2.00. The van der Waals surface area contributed by atoms with Crippen LogP contribution in [0.1, 0.15) is 38.2 Å². The van der Waals surface area contributed by atoms with E-state index in [4.69, 9.17) is 13.7 Å². The molecule has 0 heterocycles. The number of hydrogen-bond donors (Lipinski definition) is 0. The van der Waals surface area contributed by atoms with Crippen LogP contribution in [0.4, 0.5) is 0 Å². The number of carbonyl (C=O) groups excluding carboxylic acids is 1. The monoisotopic (exact) mass is 358 g/mol. The van der Waals surface area contributed by atoms with Crippen LogP contribution in [0.25, 0.3) is 0 Å². The van der Waals surface area contributed by atoms with Crippen LogP contribution >= 0.6 is 0 Å². The summed E-state index contributed by atoms with van der Waals surface area (Å²) < 4.78 is 38.7. The van der Waals surface area contributed by atoms with Crippen molar-refractivity contribution in [2.24, 2.45) is 0 Å². The quantitative estimate of drug-likeness (QED) is 0.306. The first kappa shape index (κ1) is 20.6. The van der Waals surface area contributed by atoms with Crippen molar-refractivity contribution in [3.05, 3.63) is 35.9 Å². The molecule has 0 aromatic heterocycles. The molecule has 0 fully saturated rings. The van der Waals surface area contributed by atoms with Gasteiger partial charge in [0.15, 0.2) is 0 Å². The Labute approximate surface area is 144 Å². The minimum absolute atomic E-state index is 0.106. The lowest BCUT2D eigenvalue weighted by molar-refractivity contribution is -0.144. The van der Waals surface area contributed by atoms with Crippen molar-refractivity contribution in [3.8, 4) is 0 Å². The summed E-state index contributed by atoms with van der Waals surface area (Å²) in [6.07, 6.45) is 2.51. The standard InChI is InChI=1S/C17H26O6S/c1-2-22-17(18)11-14-21-12-7-4-8-13-23-24(19,20)15-16-9-5-3-6-10-16/h3,5-6,9-10H,2,4,7-8,11-15H2,1H3. The Bertz CT molecular complexity index is 556. The fourth-order valence-corrected chi connectivity index (χ4v) is 3.04. The number of ether oxygens (including phenoxy) is 2. The van der Waals surface area contributed by atoms with Crippen molar-refractivity contribution in [3.63, 3.8) is 0 Å². The lowest BCUT2D eigenvalue weighted by atomic mass is 10.2. The van der Waals surface area contributed by atoms with Crippen LogP contribution in [0.2, 0.25) is 0 Å². The normalized spacial score (nSPS) is 11.4. The molecular weight excluding hydrogens is 332 g/mol. The number of unbranched alkanes of at least 4 members (excludes halogenated alkanes) is 2. The van der Waals surface area contributed by atoms with Crippen LogP contribution in [0, 0.1) is 0 Å². The van der Waals surface area contributed by atoms with E-state index in [-0.39, 0.29) is 24.7 Å². The van der Waals surface area contributed by atoms with Gasteiger partial charge in [-0.05, 0) is 31.7 Å². The first-order chi connectivity index (χ1) is 11.5. The summed E-state index contributed by atoms with van der Waals surface area (Å²) in [4.78, 5) is 11.1. The van der Waals surface area contributed by atoms with Gasteiger partial charge >= 0.3 is 5.97 Å². The van der Waals surface area contributed by atoms with E-state index in [0.29, 0.717) is 31.8 Å². The molecule has 6 nitrogen and oxygen atoms in total. The Morgan fingerprint density at radius 1 is 1.00 bits per heavy atom. The molecule has 0 N–H and O–H groups in total. The van der Waals surface area contributed by atoms with Gasteiger partial charge in [-0.1, -0.05) is 30.3 Å². The van der Waals surface area contributed by atoms with Gasteiger partial charge in [-0.25, -0.2) is 0 Å². The van der Waals surface area contributed by atoms with E-state index >= 15 is 0 Å². The number of hydrogen-bond acceptors (Lipinski definition) is 6. The predicted octanol–water partition coefficient (Wildman–Crippen LogP) is 2.67. The fourth-order valence-electron chi connectivity index (χ4n) is 1.98. The van der Waals surface area contributed by atoms with Crippen molar-refractivity contribution < 1.29 is 26.9 Å². The third-order valence-corrected chi connectivity index (χ3v) is 4.35. The molecule has 1 rings (SSSR count). The van der Waals surface area contributed by atoms with Gasteiger partial charge < -0.3 is 9.47 Å². The van der Waals surface area contributed by atoms with E-state index in [2.05, 4.69) is 0 Å². The van der Waals surface area contributed by atoms with Crippen molar-refractivity contribution in [1.29, 1.82) is 0 Å². The summed E-state index contributed by atoms with van der Waals surface area (Å²) in [5, 5.41) is 0. The smallest absolute Gasteiger partial charge is 0.308 e. The molecule has 0 aliphatic carbocycles. The highest BCUT2D eigenvalue weighted by atomic mass is 32.2. The molecule has 136 valence electrons. The summed E-state index contributed by atoms with van der Waals surface area (Å²) in [5.74, 6) is -0.361. The minimum atomic E-state index is -3.53. The lowest BCUT2D eigenvalue weighted by Gasteiger charge is -2.06. The summed E-state index contributed by atoms with van der Waals surface area (Å²) in [6, 6.07) is 8.95. The zero-order valence-corrected chi connectivity index (χ0v) is 14.9. The van der Waals surface area contributed by atoms with Crippen LogP contribution in [-0.2, 0) is 34.3 Å². The second-order valence-corrected chi connectivity index (χ2v) is 6.88. The van der Waals surface area contributed by atoms with E-state index < -0.39 is 10.1 Å². The van der Waals surface area contributed by atoms with E-state index in [9.17, 15) is 13.2 Å². The van der Waals surface area contributed by atoms with Crippen LogP contribution < -0.4 is 0 Å². The second-order valence-electron chi connectivity index (χ2n) is 5.24. The largest absolute Gasteiger partial charge is 0.466 e. The molecule has 0 amide bonds. The van der Waals surface area contributed by atoms with Crippen molar-refractivity contribution >= 4 is 16.1 Å². The fraction of sp³-hybridized carbons (Fsp3) is 0.588. The van der Waals surface area contributed by atoms with E-state index in [1.165, 1.54) is 0 Å². The average Bonchev–Trinajstić information content (AvgIpc) is 2.54. The molecule has 0 spiro atoms. The second kappa shape index (κ2) is 12.0. The van der Waals surface area contributed by atoms with E-state index in [1.54, 1.807) is 31.2 Å². The Hall–Kier alpha value is -1.44. The van der Waals surface area contributed by atoms with Gasteiger partial charge in [0.2, 0.25) is 0 Å². The molecule has 0 saturated carbocycles. The molecule has 0 unspecified atom stereocenters. The van der Waals surface area contributed by atoms with E-state index in [1.807, 2.05) is 6.07 Å². The van der Waals surface area contributed by atoms with Gasteiger partial charge in [0.25, 0.3) is 10.1 Å². The topological polar surface area (TPSA) is 78.9 Å². The Morgan fingerprint density at radius 2 is 1.71 bits per heavy atom. The predicted molar refractivity (Wildman–Crippen MR) is 90.9 cm³/mol. The SMILES string of the molecule is CCOC(=O)CCOCCCCCOS(=O)(=O)Cc1ccccc1. The lowest BCUT2D eigenvalue weighted by Crippen LogP contribution is -2.10. The summed E-state index contributed by atoms with van der Waals surface area (Å²) in [5.41, 5.74) is 0.715. The third-order valence-electron chi connectivity index (χ3n) is 3.14. The van der Waals surface area contributed by atoms with E-state index in [0.717, 1.165) is 12.8 Å². The maximum absolute atomic E-state index is 11.8. The Kier molecular flexibility index (Phi) is 10.3. The summed E-state index contributed by atoms with van der Waals surface area (Å²) in [7, 11) is -3.53. The molecule has 0 atom stereocenters. The molecule has 0 bridgehead atoms. The zero-order valence-electron chi connectivity index (χ0n) is 14.1. The van der Waals surface area contributed by atoms with Gasteiger partial charge in [0.05, 0.1) is 26.2 Å². The molecule has 1 aromatic carbocycles. The maximum atomic E-state index is 11.8. The number of carbonyl (C=O) groups is 1. The number of benzene rings is 1. The van der Waals surface area contributed by atoms with Gasteiger partial charge in [-0.3, -0.25) is 8.98 Å². The minimum Gasteiger partial charge on any atom is -0.466 e. The molecule has 0 saturated heterocycles. The first-order valence-electron chi connectivity index (χ1n) is 8.18. The highest BCUT2D eigenvalue weighted by Crippen LogP contribution is 2.08. The first-order valence-corrected chi connectivity index (χ1v) is 9.75. The molecule has 0 radical (unpaired) electrons. The van der Waals surface area contributed by atoms with Gasteiger partial charge in [-0.15, -0.1) is 0 Å². The van der Waals surface area contributed by atoms with Crippen molar-refractivity contribution in [2.75, 3.05) is 26.4 Å². The molecule has 7 heteroatoms. The van der Waals surface area contributed by atoms with Crippen LogP contribution in [0.5, 0.6) is 0 Å². The highest BCUT2D eigenvalue weighted by molar-refractivity contribution is 7.85. The van der Waals surface area contributed by atoms with Crippen molar-refractivity contribution in [2.45, 2.75) is 38.4 Å². The van der Waals surface area contributed by atoms with Crippen molar-refractivity contribution in [1.82, 2.24) is 0 Å². The molecular formula is C17H26O6S. The highest BCUT2D eigenvalue weighted by Gasteiger charge is 2.11. The zero-order chi connectivity index (χ0) is 17.7. The average molecular weight is 358 g/mol. The molecule has 24 heavy (non-hydrogen) atoms. The Morgan fingerprint density at radius 3 is 2.42 bits per heavy atom. The van der Waals surface area contributed by atoms with Crippen LogP contribution in [0.3, 0.4) is 0 Å². The van der Waals surface area contributed by atoms with Gasteiger partial charge in [0.1, 0.15) is 5.75 Å². The summed E-state index contributed by atoms with van der Waals surface area (Å²) in [6.45, 7) is 3.21.